The largest absolute Gasteiger partial charge is 0.355 e. The number of benzene rings is 8. The molecule has 8 aromatic carbocycles. The Labute approximate surface area is 214 Å². The predicted molar refractivity (Wildman–Crippen MR) is 161 cm³/mol. The third kappa shape index (κ3) is 3.04. The Morgan fingerprint density at radius 1 is 0.243 bits per heavy atom. The Balaban J connectivity index is 1.32. The van der Waals surface area contributed by atoms with Gasteiger partial charge in [-0.15, -0.1) is 0 Å². The summed E-state index contributed by atoms with van der Waals surface area (Å²) in [6.07, 6.45) is 0. The first-order valence-corrected chi connectivity index (χ1v) is 12.8. The highest BCUT2D eigenvalue weighted by molar-refractivity contribution is 6.21. The van der Waals surface area contributed by atoms with Gasteiger partial charge in [0.25, 0.3) is 0 Å². The maximum atomic E-state index is 3.79. The van der Waals surface area contributed by atoms with Crippen LogP contribution < -0.4 is 5.32 Å². The maximum absolute atomic E-state index is 3.79. The normalized spacial score (nSPS) is 11.8. The van der Waals surface area contributed by atoms with E-state index in [1.807, 2.05) is 0 Å². The van der Waals surface area contributed by atoms with Crippen LogP contribution in [-0.4, -0.2) is 0 Å². The second-order valence-electron chi connectivity index (χ2n) is 9.82. The summed E-state index contributed by atoms with van der Waals surface area (Å²) in [6.45, 7) is 0. The van der Waals surface area contributed by atoms with Gasteiger partial charge in [0.15, 0.2) is 0 Å². The minimum atomic E-state index is 1.12. The first-order valence-electron chi connectivity index (χ1n) is 12.8. The molecule has 0 amide bonds. The monoisotopic (exact) mass is 469 g/mol. The summed E-state index contributed by atoms with van der Waals surface area (Å²) in [5, 5.41) is 19.1. The van der Waals surface area contributed by atoms with Gasteiger partial charge in [-0.05, 0) is 66.0 Å². The molecule has 1 nitrogen and oxygen atoms in total. The zero-order valence-corrected chi connectivity index (χ0v) is 20.2. The minimum Gasteiger partial charge on any atom is -0.355 e. The molecule has 0 unspecified atom stereocenters. The second-order valence-corrected chi connectivity index (χ2v) is 9.82. The van der Waals surface area contributed by atoms with Gasteiger partial charge in [-0.25, -0.2) is 0 Å². The van der Waals surface area contributed by atoms with Crippen molar-refractivity contribution in [3.05, 3.63) is 133 Å². The van der Waals surface area contributed by atoms with Crippen LogP contribution in [0.1, 0.15) is 0 Å². The molecule has 0 fully saturated rings. The van der Waals surface area contributed by atoms with Gasteiger partial charge in [-0.1, -0.05) is 121 Å². The topological polar surface area (TPSA) is 12.0 Å². The second kappa shape index (κ2) is 7.81. The van der Waals surface area contributed by atoms with Crippen LogP contribution in [0.25, 0.3) is 64.6 Å². The fourth-order valence-corrected chi connectivity index (χ4v) is 6.08. The summed E-state index contributed by atoms with van der Waals surface area (Å²) in [7, 11) is 0. The number of anilines is 2. The molecular weight excluding hydrogens is 446 g/mol. The molecule has 0 aliphatic carbocycles. The fraction of sp³-hybridized carbons (Fsp3) is 0. The van der Waals surface area contributed by atoms with Crippen molar-refractivity contribution in [2.24, 2.45) is 0 Å². The van der Waals surface area contributed by atoms with Crippen molar-refractivity contribution in [3.8, 4) is 0 Å². The molecule has 0 atom stereocenters. The Morgan fingerprint density at radius 2 is 0.595 bits per heavy atom. The van der Waals surface area contributed by atoms with E-state index in [9.17, 15) is 0 Å². The molecule has 0 saturated carbocycles. The van der Waals surface area contributed by atoms with Crippen molar-refractivity contribution >= 4 is 76.0 Å². The number of rotatable bonds is 2. The van der Waals surface area contributed by atoms with E-state index in [0.717, 1.165) is 11.4 Å². The zero-order chi connectivity index (χ0) is 24.3. The van der Waals surface area contributed by atoms with Crippen LogP contribution >= 0.6 is 0 Å². The van der Waals surface area contributed by atoms with E-state index in [1.165, 1.54) is 64.6 Å². The van der Waals surface area contributed by atoms with E-state index in [4.69, 9.17) is 0 Å². The van der Waals surface area contributed by atoms with Crippen LogP contribution in [0.4, 0.5) is 11.4 Å². The van der Waals surface area contributed by atoms with Crippen LogP contribution in [0.5, 0.6) is 0 Å². The van der Waals surface area contributed by atoms with Gasteiger partial charge in [-0.2, -0.15) is 0 Å². The average Bonchev–Trinajstić information content (AvgIpc) is 2.96. The Kier molecular flexibility index (Phi) is 4.29. The first kappa shape index (κ1) is 20.3. The van der Waals surface area contributed by atoms with Gasteiger partial charge < -0.3 is 5.32 Å². The first-order chi connectivity index (χ1) is 18.3. The molecule has 1 N–H and O–H groups in total. The minimum absolute atomic E-state index is 1.12. The number of hydrogen-bond donors (Lipinski definition) is 1. The highest BCUT2D eigenvalue weighted by atomic mass is 14.9. The van der Waals surface area contributed by atoms with Crippen LogP contribution in [0, 0.1) is 0 Å². The van der Waals surface area contributed by atoms with Crippen molar-refractivity contribution in [1.82, 2.24) is 0 Å². The van der Waals surface area contributed by atoms with Crippen molar-refractivity contribution in [3.63, 3.8) is 0 Å². The Hall–Kier alpha value is -4.88. The quantitative estimate of drug-likeness (QED) is 0.248. The van der Waals surface area contributed by atoms with E-state index in [2.05, 4.69) is 139 Å². The lowest BCUT2D eigenvalue weighted by Gasteiger charge is -2.15. The highest BCUT2D eigenvalue weighted by Gasteiger charge is 2.11. The summed E-state index contributed by atoms with van der Waals surface area (Å²) in [5.41, 5.74) is 2.25. The molecule has 8 rings (SSSR count). The van der Waals surface area contributed by atoms with Gasteiger partial charge in [0.1, 0.15) is 0 Å². The van der Waals surface area contributed by atoms with Gasteiger partial charge in [0.05, 0.1) is 0 Å². The molecule has 0 aliphatic heterocycles. The summed E-state index contributed by atoms with van der Waals surface area (Å²) < 4.78 is 0. The molecule has 0 radical (unpaired) electrons. The van der Waals surface area contributed by atoms with Crippen molar-refractivity contribution in [2.45, 2.75) is 0 Å². The summed E-state index contributed by atoms with van der Waals surface area (Å²) in [4.78, 5) is 0. The van der Waals surface area contributed by atoms with E-state index in [0.29, 0.717) is 0 Å². The van der Waals surface area contributed by atoms with E-state index >= 15 is 0 Å². The molecule has 0 saturated heterocycles. The molecule has 0 spiro atoms. The van der Waals surface area contributed by atoms with Crippen molar-refractivity contribution in [2.75, 3.05) is 5.32 Å². The van der Waals surface area contributed by atoms with E-state index in [1.54, 1.807) is 0 Å². The van der Waals surface area contributed by atoms with Crippen LogP contribution in [0.3, 0.4) is 0 Å². The standard InChI is InChI=1S/C36H23N/c1-3-9-25-23(7-1)15-17-31-27-11-5-13-35(33(27)21-19-29(25)31)37-36-14-6-12-28-32-18-16-24-8-2-4-10-26(24)30(32)20-22-34(28)36/h1-22,37H. The van der Waals surface area contributed by atoms with Crippen LogP contribution in [0.15, 0.2) is 133 Å². The molecule has 0 aliphatic rings. The number of fused-ring (bicyclic) bond motifs is 10. The van der Waals surface area contributed by atoms with Gasteiger partial charge >= 0.3 is 0 Å². The van der Waals surface area contributed by atoms with E-state index in [-0.39, 0.29) is 0 Å². The third-order valence-electron chi connectivity index (χ3n) is 7.84. The van der Waals surface area contributed by atoms with Crippen LogP contribution in [0.2, 0.25) is 0 Å². The molecule has 0 aromatic heterocycles. The van der Waals surface area contributed by atoms with Gasteiger partial charge in [0, 0.05) is 22.1 Å². The van der Waals surface area contributed by atoms with Gasteiger partial charge in [0.2, 0.25) is 0 Å². The third-order valence-corrected chi connectivity index (χ3v) is 7.84. The Bertz CT molecular complexity index is 2010. The number of nitrogens with one attached hydrogen (secondary N) is 1. The molecule has 8 aromatic rings. The summed E-state index contributed by atoms with van der Waals surface area (Å²) >= 11 is 0. The summed E-state index contributed by atoms with van der Waals surface area (Å²) in [6, 6.07) is 48.5. The smallest absolute Gasteiger partial charge is 0.0464 e. The lowest BCUT2D eigenvalue weighted by molar-refractivity contribution is 1.62. The van der Waals surface area contributed by atoms with E-state index < -0.39 is 0 Å². The van der Waals surface area contributed by atoms with Crippen molar-refractivity contribution < 1.29 is 0 Å². The Morgan fingerprint density at radius 3 is 1.11 bits per heavy atom. The highest BCUT2D eigenvalue weighted by Crippen LogP contribution is 2.38. The van der Waals surface area contributed by atoms with Crippen molar-refractivity contribution in [1.29, 1.82) is 0 Å². The average molecular weight is 470 g/mol. The lowest BCUT2D eigenvalue weighted by atomic mass is 9.95. The predicted octanol–water partition coefficient (Wildman–Crippen LogP) is 10.3. The molecule has 172 valence electrons. The zero-order valence-electron chi connectivity index (χ0n) is 20.2. The SMILES string of the molecule is c1ccc2c(c1)ccc1c3cccc(Nc4cccc5c4ccc4c6ccccc6ccc54)c3ccc21. The molecule has 37 heavy (non-hydrogen) atoms. The maximum Gasteiger partial charge on any atom is 0.0464 e. The fourth-order valence-electron chi connectivity index (χ4n) is 6.08. The van der Waals surface area contributed by atoms with Gasteiger partial charge in [-0.3, -0.25) is 0 Å². The molecule has 1 heteroatoms. The van der Waals surface area contributed by atoms with Crippen LogP contribution in [-0.2, 0) is 0 Å². The summed E-state index contributed by atoms with van der Waals surface area (Å²) in [5.74, 6) is 0. The molecular formula is C36H23N. The number of hydrogen-bond acceptors (Lipinski definition) is 1. The molecule has 0 heterocycles. The lowest BCUT2D eigenvalue weighted by Crippen LogP contribution is -1.93. The molecule has 0 bridgehead atoms.